The lowest BCUT2D eigenvalue weighted by Crippen LogP contribution is -2.20. The van der Waals surface area contributed by atoms with Crippen molar-refractivity contribution in [3.8, 4) is 5.75 Å². The fraction of sp³-hybridized carbons (Fsp3) is 0.111. The molecule has 3 rings (SSSR count). The van der Waals surface area contributed by atoms with Crippen molar-refractivity contribution in [2.75, 3.05) is 11.9 Å². The minimum absolute atomic E-state index is 0.135. The number of hydrogen-bond donors (Lipinski definition) is 2. The Morgan fingerprint density at radius 1 is 1.09 bits per heavy atom. The minimum atomic E-state index is -0.255. The Balaban J connectivity index is 1.73. The Labute approximate surface area is 132 Å². The molecule has 23 heavy (non-hydrogen) atoms. The lowest BCUT2D eigenvalue weighted by atomic mass is 10.2. The second kappa shape index (κ2) is 6.36. The van der Waals surface area contributed by atoms with E-state index in [9.17, 15) is 9.59 Å². The van der Waals surface area contributed by atoms with Gasteiger partial charge in [-0.15, -0.1) is 0 Å². The van der Waals surface area contributed by atoms with Crippen LogP contribution in [-0.4, -0.2) is 17.5 Å². The molecule has 2 aromatic carbocycles. The third kappa shape index (κ3) is 3.40. The van der Waals surface area contributed by atoms with Gasteiger partial charge < -0.3 is 15.0 Å². The Morgan fingerprint density at radius 2 is 1.91 bits per heavy atom. The summed E-state index contributed by atoms with van der Waals surface area (Å²) in [7, 11) is 0. The summed E-state index contributed by atoms with van der Waals surface area (Å²) in [5, 5.41) is 3.65. The molecule has 0 unspecified atom stereocenters. The number of benzene rings is 2. The highest BCUT2D eigenvalue weighted by Crippen LogP contribution is 2.22. The minimum Gasteiger partial charge on any atom is -0.482 e. The molecule has 2 N–H and O–H groups in total. The normalized spacial score (nSPS) is 10.5. The van der Waals surface area contributed by atoms with Crippen molar-refractivity contribution in [2.45, 2.75) is 6.92 Å². The third-order valence-electron chi connectivity index (χ3n) is 3.50. The molecule has 5 heteroatoms. The molecule has 116 valence electrons. The molecule has 0 fully saturated rings. The second-order valence-electron chi connectivity index (χ2n) is 5.19. The molecular formula is C18H16N2O3. The maximum Gasteiger partial charge on any atom is 0.262 e. The molecule has 1 aromatic heterocycles. The number of aromatic amines is 1. The van der Waals surface area contributed by atoms with Crippen molar-refractivity contribution in [3.63, 3.8) is 0 Å². The second-order valence-corrected chi connectivity index (χ2v) is 5.19. The number of amides is 1. The summed E-state index contributed by atoms with van der Waals surface area (Å²) < 4.78 is 5.57. The topological polar surface area (TPSA) is 71.2 Å². The van der Waals surface area contributed by atoms with Gasteiger partial charge >= 0.3 is 0 Å². The maximum atomic E-state index is 12.0. The molecule has 0 aliphatic rings. The van der Waals surface area contributed by atoms with Gasteiger partial charge in [-0.3, -0.25) is 9.59 Å². The Kier molecular flexibility index (Phi) is 4.10. The predicted octanol–water partition coefficient (Wildman–Crippen LogP) is 2.85. The first-order chi connectivity index (χ1) is 11.1. The van der Waals surface area contributed by atoms with Crippen LogP contribution in [0.15, 0.2) is 59.4 Å². The van der Waals surface area contributed by atoms with Crippen molar-refractivity contribution >= 4 is 22.5 Å². The zero-order valence-electron chi connectivity index (χ0n) is 12.6. The molecule has 0 atom stereocenters. The summed E-state index contributed by atoms with van der Waals surface area (Å²) >= 11 is 0. The quantitative estimate of drug-likeness (QED) is 0.778. The maximum absolute atomic E-state index is 12.0. The molecule has 0 aliphatic carbocycles. The van der Waals surface area contributed by atoms with Crippen LogP contribution in [0.2, 0.25) is 0 Å². The van der Waals surface area contributed by atoms with Crippen LogP contribution >= 0.6 is 0 Å². The number of anilines is 1. The van der Waals surface area contributed by atoms with Crippen LogP contribution in [0.4, 0.5) is 5.69 Å². The van der Waals surface area contributed by atoms with Crippen LogP contribution in [0.3, 0.4) is 0 Å². The van der Waals surface area contributed by atoms with E-state index in [1.165, 1.54) is 6.07 Å². The molecule has 0 saturated heterocycles. The SMILES string of the molecule is Cc1ccccc1NC(=O)COc1cccc2ccc(=O)[nH]c12. The average Bonchev–Trinajstić information content (AvgIpc) is 2.55. The van der Waals surface area contributed by atoms with Crippen molar-refractivity contribution in [1.29, 1.82) is 0 Å². The van der Waals surface area contributed by atoms with Crippen LogP contribution < -0.4 is 15.6 Å². The summed E-state index contributed by atoms with van der Waals surface area (Å²) in [6.07, 6.45) is 0. The van der Waals surface area contributed by atoms with Crippen molar-refractivity contribution in [3.05, 3.63) is 70.5 Å². The average molecular weight is 308 g/mol. The zero-order valence-corrected chi connectivity index (χ0v) is 12.6. The van der Waals surface area contributed by atoms with Crippen LogP contribution in [-0.2, 0) is 4.79 Å². The van der Waals surface area contributed by atoms with E-state index in [-0.39, 0.29) is 18.1 Å². The molecule has 0 aliphatic heterocycles. The Morgan fingerprint density at radius 3 is 2.74 bits per heavy atom. The van der Waals surface area contributed by atoms with Crippen LogP contribution in [0.25, 0.3) is 10.9 Å². The van der Waals surface area contributed by atoms with Crippen LogP contribution in [0.1, 0.15) is 5.56 Å². The lowest BCUT2D eigenvalue weighted by Gasteiger charge is -2.10. The van der Waals surface area contributed by atoms with Crippen molar-refractivity contribution in [2.24, 2.45) is 0 Å². The summed E-state index contributed by atoms with van der Waals surface area (Å²) in [6.45, 7) is 1.79. The highest BCUT2D eigenvalue weighted by Gasteiger charge is 2.08. The largest absolute Gasteiger partial charge is 0.482 e. The van der Waals surface area contributed by atoms with E-state index in [1.807, 2.05) is 43.3 Å². The number of fused-ring (bicyclic) bond motifs is 1. The molecule has 0 spiro atoms. The van der Waals surface area contributed by atoms with E-state index in [4.69, 9.17) is 4.74 Å². The fourth-order valence-electron chi connectivity index (χ4n) is 2.31. The molecule has 0 radical (unpaired) electrons. The molecule has 0 saturated carbocycles. The van der Waals surface area contributed by atoms with Gasteiger partial charge in [0.2, 0.25) is 5.56 Å². The number of hydrogen-bond acceptors (Lipinski definition) is 3. The zero-order chi connectivity index (χ0) is 16.2. The number of carbonyl (C=O) groups excluding carboxylic acids is 1. The standard InChI is InChI=1S/C18H16N2O3/c1-12-5-2-3-7-14(12)19-17(22)11-23-15-8-4-6-13-9-10-16(21)20-18(13)15/h2-10H,11H2,1H3,(H,19,22)(H,20,21). The molecule has 1 heterocycles. The van der Waals surface area contributed by atoms with Gasteiger partial charge in [-0.25, -0.2) is 0 Å². The van der Waals surface area contributed by atoms with E-state index < -0.39 is 0 Å². The highest BCUT2D eigenvalue weighted by molar-refractivity contribution is 5.93. The first-order valence-corrected chi connectivity index (χ1v) is 7.24. The number of pyridine rings is 1. The monoisotopic (exact) mass is 308 g/mol. The van der Waals surface area contributed by atoms with E-state index >= 15 is 0 Å². The number of nitrogens with one attached hydrogen (secondary N) is 2. The van der Waals surface area contributed by atoms with Gasteiger partial charge in [-0.05, 0) is 30.7 Å². The fourth-order valence-corrected chi connectivity index (χ4v) is 2.31. The van der Waals surface area contributed by atoms with E-state index in [2.05, 4.69) is 10.3 Å². The number of rotatable bonds is 4. The van der Waals surface area contributed by atoms with E-state index in [0.717, 1.165) is 16.6 Å². The highest BCUT2D eigenvalue weighted by atomic mass is 16.5. The van der Waals surface area contributed by atoms with Gasteiger partial charge in [0.15, 0.2) is 6.61 Å². The van der Waals surface area contributed by atoms with Crippen LogP contribution in [0, 0.1) is 6.92 Å². The van der Waals surface area contributed by atoms with Gasteiger partial charge in [0.25, 0.3) is 5.91 Å². The number of carbonyl (C=O) groups is 1. The molecule has 1 amide bonds. The number of para-hydroxylation sites is 2. The number of H-pyrrole nitrogens is 1. The summed E-state index contributed by atoms with van der Waals surface area (Å²) in [5.74, 6) is 0.217. The Bertz CT molecular complexity index is 915. The first-order valence-electron chi connectivity index (χ1n) is 7.24. The van der Waals surface area contributed by atoms with Crippen molar-refractivity contribution < 1.29 is 9.53 Å². The van der Waals surface area contributed by atoms with Crippen LogP contribution in [0.5, 0.6) is 5.75 Å². The van der Waals surface area contributed by atoms with Gasteiger partial charge in [0.1, 0.15) is 5.75 Å². The van der Waals surface area contributed by atoms with E-state index in [0.29, 0.717) is 11.3 Å². The van der Waals surface area contributed by atoms with E-state index in [1.54, 1.807) is 12.1 Å². The third-order valence-corrected chi connectivity index (χ3v) is 3.50. The summed E-state index contributed by atoms with van der Waals surface area (Å²) in [4.78, 5) is 26.2. The molecule has 0 bridgehead atoms. The summed E-state index contributed by atoms with van der Waals surface area (Å²) in [6, 6.07) is 16.1. The number of ether oxygens (including phenoxy) is 1. The molecular weight excluding hydrogens is 292 g/mol. The van der Waals surface area contributed by atoms with Gasteiger partial charge in [-0.1, -0.05) is 30.3 Å². The van der Waals surface area contributed by atoms with Gasteiger partial charge in [0.05, 0.1) is 5.52 Å². The lowest BCUT2D eigenvalue weighted by molar-refractivity contribution is -0.118. The smallest absolute Gasteiger partial charge is 0.262 e. The van der Waals surface area contributed by atoms with Crippen molar-refractivity contribution in [1.82, 2.24) is 4.98 Å². The van der Waals surface area contributed by atoms with Gasteiger partial charge in [-0.2, -0.15) is 0 Å². The molecule has 3 aromatic rings. The number of aryl methyl sites for hydroxylation is 1. The molecule has 5 nitrogen and oxygen atoms in total. The first kappa shape index (κ1) is 14.8. The Hall–Kier alpha value is -3.08. The van der Waals surface area contributed by atoms with Gasteiger partial charge in [0, 0.05) is 17.1 Å². The summed E-state index contributed by atoms with van der Waals surface area (Å²) in [5.41, 5.74) is 2.12. The number of aromatic nitrogens is 1. The predicted molar refractivity (Wildman–Crippen MR) is 89.9 cm³/mol.